The summed E-state index contributed by atoms with van der Waals surface area (Å²) in [5.41, 5.74) is 9.22. The van der Waals surface area contributed by atoms with Crippen LogP contribution in [0.3, 0.4) is 0 Å². The van der Waals surface area contributed by atoms with Gasteiger partial charge in [-0.25, -0.2) is 4.98 Å². The first kappa shape index (κ1) is 19.7. The molecule has 2 aromatic heterocycles. The lowest BCUT2D eigenvalue weighted by Gasteiger charge is -2.12. The van der Waals surface area contributed by atoms with Gasteiger partial charge in [0.25, 0.3) is 0 Å². The van der Waals surface area contributed by atoms with Gasteiger partial charge in [0.2, 0.25) is 0 Å². The van der Waals surface area contributed by atoms with Gasteiger partial charge in [0.05, 0.1) is 16.6 Å². The molecule has 0 fully saturated rings. The Labute approximate surface area is 177 Å². The van der Waals surface area contributed by atoms with Crippen LogP contribution in [-0.2, 0) is 0 Å². The molecule has 0 aliphatic rings. The summed E-state index contributed by atoms with van der Waals surface area (Å²) in [5.74, 6) is 1.11. The van der Waals surface area contributed by atoms with Crippen molar-refractivity contribution >= 4 is 22.7 Å². The van der Waals surface area contributed by atoms with Crippen molar-refractivity contribution in [2.45, 2.75) is 40.5 Å². The largest absolute Gasteiger partial charge is 0.337 e. The van der Waals surface area contributed by atoms with Crippen LogP contribution in [0.25, 0.3) is 28.4 Å². The molecule has 150 valence electrons. The van der Waals surface area contributed by atoms with Crippen molar-refractivity contribution in [3.63, 3.8) is 0 Å². The molecular weight excluding hydrogens is 368 g/mol. The molecule has 0 amide bonds. The second kappa shape index (κ2) is 7.68. The number of allylic oxidation sites excluding steroid dienone is 1. The fourth-order valence-corrected chi connectivity index (χ4v) is 3.90. The van der Waals surface area contributed by atoms with Crippen LogP contribution >= 0.6 is 0 Å². The standard InChI is InChI=1S/C26H26N4/c1-16(2)20-7-9-23(10-8-20)30-18(4)13-21(19(30)5)14-22(15-27)26-28-24-11-6-17(3)12-25(24)29-26/h6-14,16H,1-5H3,(H,28,29). The molecule has 2 aromatic carbocycles. The Balaban J connectivity index is 1.75. The Morgan fingerprint density at radius 2 is 1.80 bits per heavy atom. The topological polar surface area (TPSA) is 57.4 Å². The summed E-state index contributed by atoms with van der Waals surface area (Å²) < 4.78 is 2.23. The molecule has 4 aromatic rings. The van der Waals surface area contributed by atoms with Crippen LogP contribution in [0.1, 0.15) is 53.7 Å². The number of fused-ring (bicyclic) bond motifs is 1. The average molecular weight is 395 g/mol. The number of imidazole rings is 1. The molecule has 30 heavy (non-hydrogen) atoms. The number of nitrogens with zero attached hydrogens (tertiary/aromatic N) is 3. The van der Waals surface area contributed by atoms with E-state index in [2.05, 4.69) is 78.6 Å². The molecule has 0 aliphatic heterocycles. The summed E-state index contributed by atoms with van der Waals surface area (Å²) in [6.07, 6.45) is 1.92. The highest BCUT2D eigenvalue weighted by Crippen LogP contribution is 2.26. The number of hydrogen-bond donors (Lipinski definition) is 1. The molecule has 0 radical (unpaired) electrons. The summed E-state index contributed by atoms with van der Waals surface area (Å²) in [6.45, 7) is 10.6. The van der Waals surface area contributed by atoms with Crippen LogP contribution in [0.2, 0.25) is 0 Å². The van der Waals surface area contributed by atoms with Crippen LogP contribution in [0.15, 0.2) is 48.5 Å². The SMILES string of the molecule is Cc1ccc2nc(C(C#N)=Cc3cc(C)n(-c4ccc(C(C)C)cc4)c3C)[nH]c2c1. The molecule has 2 heterocycles. The van der Waals surface area contributed by atoms with E-state index in [0.29, 0.717) is 17.3 Å². The number of nitriles is 1. The Bertz CT molecular complexity index is 1290. The summed E-state index contributed by atoms with van der Waals surface area (Å²) >= 11 is 0. The van der Waals surface area contributed by atoms with Gasteiger partial charge in [-0.15, -0.1) is 0 Å². The van der Waals surface area contributed by atoms with Gasteiger partial charge in [0.1, 0.15) is 11.9 Å². The Hall–Kier alpha value is -3.58. The van der Waals surface area contributed by atoms with E-state index in [4.69, 9.17) is 0 Å². The van der Waals surface area contributed by atoms with E-state index in [0.717, 1.165) is 39.2 Å². The van der Waals surface area contributed by atoms with Crippen LogP contribution in [0.4, 0.5) is 0 Å². The molecular formula is C26H26N4. The maximum absolute atomic E-state index is 9.80. The first-order valence-corrected chi connectivity index (χ1v) is 10.2. The molecule has 0 unspecified atom stereocenters. The Morgan fingerprint density at radius 1 is 1.07 bits per heavy atom. The van der Waals surface area contributed by atoms with Gasteiger partial charge >= 0.3 is 0 Å². The summed E-state index contributed by atoms with van der Waals surface area (Å²) in [4.78, 5) is 7.90. The van der Waals surface area contributed by atoms with Crippen molar-refractivity contribution in [3.8, 4) is 11.8 Å². The number of benzene rings is 2. The minimum absolute atomic E-state index is 0.509. The molecule has 0 bridgehead atoms. The second-order valence-electron chi connectivity index (χ2n) is 8.18. The maximum Gasteiger partial charge on any atom is 0.149 e. The fraction of sp³-hybridized carbons (Fsp3) is 0.231. The van der Waals surface area contributed by atoms with Gasteiger partial charge in [-0.05, 0) is 79.8 Å². The zero-order valence-corrected chi connectivity index (χ0v) is 18.1. The van der Waals surface area contributed by atoms with Crippen LogP contribution in [0, 0.1) is 32.1 Å². The highest BCUT2D eigenvalue weighted by molar-refractivity contribution is 5.91. The third-order valence-corrected chi connectivity index (χ3v) is 5.60. The Morgan fingerprint density at radius 3 is 2.47 bits per heavy atom. The highest BCUT2D eigenvalue weighted by Gasteiger charge is 2.13. The Kier molecular flexibility index (Phi) is 5.05. The summed E-state index contributed by atoms with van der Waals surface area (Å²) in [7, 11) is 0. The fourth-order valence-electron chi connectivity index (χ4n) is 3.90. The minimum Gasteiger partial charge on any atom is -0.337 e. The number of aromatic nitrogens is 3. The van der Waals surface area contributed by atoms with E-state index in [9.17, 15) is 5.26 Å². The van der Waals surface area contributed by atoms with Crippen molar-refractivity contribution in [2.24, 2.45) is 0 Å². The maximum atomic E-state index is 9.80. The second-order valence-corrected chi connectivity index (χ2v) is 8.18. The van der Waals surface area contributed by atoms with E-state index in [1.807, 2.05) is 31.2 Å². The minimum atomic E-state index is 0.509. The van der Waals surface area contributed by atoms with Crippen LogP contribution in [-0.4, -0.2) is 14.5 Å². The van der Waals surface area contributed by atoms with Crippen molar-refractivity contribution in [1.29, 1.82) is 5.26 Å². The van der Waals surface area contributed by atoms with Crippen molar-refractivity contribution in [3.05, 3.63) is 82.4 Å². The molecule has 1 N–H and O–H groups in total. The van der Waals surface area contributed by atoms with Gasteiger partial charge in [-0.2, -0.15) is 5.26 Å². The normalized spacial score (nSPS) is 12.0. The molecule has 0 saturated heterocycles. The number of aryl methyl sites for hydroxylation is 2. The summed E-state index contributed by atoms with van der Waals surface area (Å²) in [6, 6.07) is 19.2. The molecule has 0 atom stereocenters. The van der Waals surface area contributed by atoms with Gasteiger partial charge in [-0.1, -0.05) is 32.0 Å². The lowest BCUT2D eigenvalue weighted by molar-refractivity contribution is 0.863. The monoisotopic (exact) mass is 394 g/mol. The average Bonchev–Trinajstić information content (AvgIpc) is 3.26. The third-order valence-electron chi connectivity index (χ3n) is 5.60. The highest BCUT2D eigenvalue weighted by atomic mass is 15.0. The van der Waals surface area contributed by atoms with E-state index in [1.54, 1.807) is 0 Å². The van der Waals surface area contributed by atoms with E-state index in [1.165, 1.54) is 5.56 Å². The predicted octanol–water partition coefficient (Wildman–Crippen LogP) is 6.47. The van der Waals surface area contributed by atoms with Crippen LogP contribution in [0.5, 0.6) is 0 Å². The first-order valence-electron chi connectivity index (χ1n) is 10.2. The number of nitrogens with one attached hydrogen (secondary N) is 1. The van der Waals surface area contributed by atoms with Crippen LogP contribution < -0.4 is 0 Å². The quantitative estimate of drug-likeness (QED) is 0.403. The van der Waals surface area contributed by atoms with Crippen molar-refractivity contribution in [2.75, 3.05) is 0 Å². The van der Waals surface area contributed by atoms with E-state index >= 15 is 0 Å². The zero-order valence-electron chi connectivity index (χ0n) is 18.1. The van der Waals surface area contributed by atoms with Gasteiger partial charge < -0.3 is 9.55 Å². The molecule has 4 heteroatoms. The number of hydrogen-bond acceptors (Lipinski definition) is 2. The molecule has 0 spiro atoms. The van der Waals surface area contributed by atoms with E-state index < -0.39 is 0 Å². The van der Waals surface area contributed by atoms with Crippen molar-refractivity contribution < 1.29 is 0 Å². The van der Waals surface area contributed by atoms with Gasteiger partial charge in [-0.3, -0.25) is 0 Å². The zero-order chi connectivity index (χ0) is 21.4. The summed E-state index contributed by atoms with van der Waals surface area (Å²) in [5, 5.41) is 9.80. The molecule has 4 rings (SSSR count). The molecule has 4 nitrogen and oxygen atoms in total. The number of aromatic amines is 1. The smallest absolute Gasteiger partial charge is 0.149 e. The molecule has 0 saturated carbocycles. The lowest BCUT2D eigenvalue weighted by Crippen LogP contribution is -1.99. The predicted molar refractivity (Wildman–Crippen MR) is 124 cm³/mol. The number of rotatable bonds is 4. The third kappa shape index (κ3) is 3.55. The number of H-pyrrole nitrogens is 1. The first-order chi connectivity index (χ1) is 14.4. The molecule has 0 aliphatic carbocycles. The van der Waals surface area contributed by atoms with Gasteiger partial charge in [0, 0.05) is 17.1 Å². The van der Waals surface area contributed by atoms with E-state index in [-0.39, 0.29) is 0 Å². The van der Waals surface area contributed by atoms with Gasteiger partial charge in [0.15, 0.2) is 0 Å². The van der Waals surface area contributed by atoms with Crippen molar-refractivity contribution in [1.82, 2.24) is 14.5 Å². The lowest BCUT2D eigenvalue weighted by atomic mass is 10.0.